The molecule has 1 unspecified atom stereocenters. The van der Waals surface area contributed by atoms with Crippen molar-refractivity contribution < 1.29 is 13.9 Å². The van der Waals surface area contributed by atoms with Gasteiger partial charge in [0.15, 0.2) is 11.6 Å². The molecule has 0 aliphatic rings. The van der Waals surface area contributed by atoms with Gasteiger partial charge in [0.25, 0.3) is 0 Å². The van der Waals surface area contributed by atoms with Gasteiger partial charge < -0.3 is 5.11 Å². The molecule has 0 spiro atoms. The fraction of sp³-hybridized carbons (Fsp3) is 0.200. The van der Waals surface area contributed by atoms with Crippen LogP contribution in [0.4, 0.5) is 8.78 Å². The van der Waals surface area contributed by atoms with Gasteiger partial charge in [-0.2, -0.15) is 0 Å². The highest BCUT2D eigenvalue weighted by atomic mass is 79.9. The van der Waals surface area contributed by atoms with Crippen LogP contribution in [0.3, 0.4) is 0 Å². The molecule has 2 rings (SSSR count). The molecule has 4 heteroatoms. The number of benzene rings is 2. The molecule has 1 nitrogen and oxygen atoms in total. The Morgan fingerprint density at radius 1 is 1.11 bits per heavy atom. The molecular formula is C15H13BrF2O. The van der Waals surface area contributed by atoms with Gasteiger partial charge in [0.1, 0.15) is 0 Å². The normalized spacial score (nSPS) is 14.2. The van der Waals surface area contributed by atoms with Crippen LogP contribution < -0.4 is 0 Å². The third-order valence-electron chi connectivity index (χ3n) is 3.02. The molecule has 0 aliphatic carbocycles. The first-order valence-corrected chi connectivity index (χ1v) is 6.61. The molecule has 0 fully saturated rings. The van der Waals surface area contributed by atoms with E-state index in [9.17, 15) is 13.9 Å². The number of halogens is 3. The first-order chi connectivity index (χ1) is 8.92. The Morgan fingerprint density at radius 2 is 1.79 bits per heavy atom. The van der Waals surface area contributed by atoms with Gasteiger partial charge in [-0.3, -0.25) is 0 Å². The zero-order chi connectivity index (χ0) is 14.0. The topological polar surface area (TPSA) is 20.2 Å². The molecule has 19 heavy (non-hydrogen) atoms. The molecule has 100 valence electrons. The van der Waals surface area contributed by atoms with Crippen LogP contribution in [0, 0.1) is 11.6 Å². The third kappa shape index (κ3) is 3.01. The van der Waals surface area contributed by atoms with E-state index in [4.69, 9.17) is 0 Å². The minimum atomic E-state index is -1.48. The van der Waals surface area contributed by atoms with Gasteiger partial charge in [0.05, 0.1) is 5.60 Å². The van der Waals surface area contributed by atoms with Gasteiger partial charge in [-0.1, -0.05) is 46.3 Å². The SMILES string of the molecule is CC(O)(Cc1ccccc1Br)c1cccc(F)c1F. The molecule has 0 bridgehead atoms. The molecule has 0 aromatic heterocycles. The molecule has 0 radical (unpaired) electrons. The minimum absolute atomic E-state index is 0.0387. The average molecular weight is 327 g/mol. The Morgan fingerprint density at radius 3 is 2.47 bits per heavy atom. The summed E-state index contributed by atoms with van der Waals surface area (Å²) in [6.07, 6.45) is 0.189. The van der Waals surface area contributed by atoms with Gasteiger partial charge in [0.2, 0.25) is 0 Å². The minimum Gasteiger partial charge on any atom is -0.385 e. The van der Waals surface area contributed by atoms with E-state index in [1.54, 1.807) is 0 Å². The van der Waals surface area contributed by atoms with E-state index in [0.717, 1.165) is 16.1 Å². The highest BCUT2D eigenvalue weighted by molar-refractivity contribution is 9.10. The van der Waals surface area contributed by atoms with Crippen molar-refractivity contribution in [3.05, 3.63) is 69.7 Å². The third-order valence-corrected chi connectivity index (χ3v) is 3.80. The lowest BCUT2D eigenvalue weighted by molar-refractivity contribution is 0.0529. The predicted octanol–water partition coefficient (Wildman–Crippen LogP) is 4.18. The summed E-state index contributed by atoms with van der Waals surface area (Å²) in [5, 5.41) is 10.4. The van der Waals surface area contributed by atoms with Crippen LogP contribution in [0.2, 0.25) is 0 Å². The van der Waals surface area contributed by atoms with E-state index in [1.165, 1.54) is 19.1 Å². The number of aliphatic hydroxyl groups is 1. The summed E-state index contributed by atoms with van der Waals surface area (Å²) in [6, 6.07) is 11.2. The average Bonchev–Trinajstić information content (AvgIpc) is 2.35. The first-order valence-electron chi connectivity index (χ1n) is 5.82. The molecule has 2 aromatic rings. The van der Waals surface area contributed by atoms with Gasteiger partial charge in [0, 0.05) is 16.5 Å². The van der Waals surface area contributed by atoms with Crippen LogP contribution in [-0.2, 0) is 12.0 Å². The van der Waals surface area contributed by atoms with Crippen molar-refractivity contribution in [2.75, 3.05) is 0 Å². The monoisotopic (exact) mass is 326 g/mol. The fourth-order valence-corrected chi connectivity index (χ4v) is 2.45. The first kappa shape index (κ1) is 14.2. The van der Waals surface area contributed by atoms with Crippen LogP contribution >= 0.6 is 15.9 Å². The largest absolute Gasteiger partial charge is 0.385 e. The van der Waals surface area contributed by atoms with Crippen molar-refractivity contribution in [2.45, 2.75) is 18.9 Å². The number of rotatable bonds is 3. The van der Waals surface area contributed by atoms with Crippen molar-refractivity contribution >= 4 is 15.9 Å². The molecule has 0 amide bonds. The second-order valence-electron chi connectivity index (χ2n) is 4.64. The summed E-state index contributed by atoms with van der Waals surface area (Å²) in [7, 11) is 0. The Balaban J connectivity index is 2.38. The van der Waals surface area contributed by atoms with Gasteiger partial charge in [-0.05, 0) is 24.6 Å². The Labute approximate surface area is 119 Å². The fourth-order valence-electron chi connectivity index (χ4n) is 2.03. The van der Waals surface area contributed by atoms with E-state index >= 15 is 0 Å². The van der Waals surface area contributed by atoms with Gasteiger partial charge >= 0.3 is 0 Å². The van der Waals surface area contributed by atoms with Crippen LogP contribution in [0.25, 0.3) is 0 Å². The maximum absolute atomic E-state index is 13.8. The molecule has 1 N–H and O–H groups in total. The zero-order valence-electron chi connectivity index (χ0n) is 10.3. The van der Waals surface area contributed by atoms with Crippen LogP contribution in [0.15, 0.2) is 46.9 Å². The quantitative estimate of drug-likeness (QED) is 0.897. The lowest BCUT2D eigenvalue weighted by Gasteiger charge is -2.25. The lowest BCUT2D eigenvalue weighted by atomic mass is 9.88. The van der Waals surface area contributed by atoms with Crippen molar-refractivity contribution in [1.82, 2.24) is 0 Å². The highest BCUT2D eigenvalue weighted by Gasteiger charge is 2.28. The molecule has 0 aliphatic heterocycles. The second-order valence-corrected chi connectivity index (χ2v) is 5.50. The molecule has 0 saturated carbocycles. The van der Waals surface area contributed by atoms with E-state index in [1.807, 2.05) is 24.3 Å². The summed E-state index contributed by atoms with van der Waals surface area (Å²) >= 11 is 3.38. The molecule has 0 saturated heterocycles. The Kier molecular flexibility index (Phi) is 4.02. The summed E-state index contributed by atoms with van der Waals surface area (Å²) in [4.78, 5) is 0. The van der Waals surface area contributed by atoms with Crippen LogP contribution in [0.5, 0.6) is 0 Å². The van der Waals surface area contributed by atoms with Crippen molar-refractivity contribution in [3.63, 3.8) is 0 Å². The Hall–Kier alpha value is -1.26. The predicted molar refractivity (Wildman–Crippen MR) is 73.8 cm³/mol. The molecule has 1 atom stereocenters. The zero-order valence-corrected chi connectivity index (χ0v) is 11.9. The maximum atomic E-state index is 13.8. The van der Waals surface area contributed by atoms with E-state index in [0.29, 0.717) is 0 Å². The molecule has 2 aromatic carbocycles. The lowest BCUT2D eigenvalue weighted by Crippen LogP contribution is -2.26. The highest BCUT2D eigenvalue weighted by Crippen LogP contribution is 2.30. The Bertz CT molecular complexity index is 596. The number of hydrogen-bond donors (Lipinski definition) is 1. The van der Waals surface area contributed by atoms with Crippen LogP contribution in [0.1, 0.15) is 18.1 Å². The maximum Gasteiger partial charge on any atom is 0.164 e. The van der Waals surface area contributed by atoms with E-state index < -0.39 is 17.2 Å². The number of hydrogen-bond acceptors (Lipinski definition) is 1. The standard InChI is InChI=1S/C15H13BrF2O/c1-15(19,9-10-5-2-3-7-12(10)16)11-6-4-8-13(17)14(11)18/h2-8,19H,9H2,1H3. The summed E-state index contributed by atoms with van der Waals surface area (Å²) in [5.41, 5.74) is -0.685. The van der Waals surface area contributed by atoms with Crippen molar-refractivity contribution in [1.29, 1.82) is 0 Å². The summed E-state index contributed by atoms with van der Waals surface area (Å²) in [6.45, 7) is 1.48. The van der Waals surface area contributed by atoms with Crippen molar-refractivity contribution in [3.8, 4) is 0 Å². The summed E-state index contributed by atoms with van der Waals surface area (Å²) in [5.74, 6) is -1.95. The van der Waals surface area contributed by atoms with E-state index in [-0.39, 0.29) is 12.0 Å². The molecular weight excluding hydrogens is 314 g/mol. The van der Waals surface area contributed by atoms with Crippen LogP contribution in [-0.4, -0.2) is 5.11 Å². The van der Waals surface area contributed by atoms with Crippen molar-refractivity contribution in [2.24, 2.45) is 0 Å². The van der Waals surface area contributed by atoms with Gasteiger partial charge in [-0.15, -0.1) is 0 Å². The summed E-state index contributed by atoms with van der Waals surface area (Å²) < 4.78 is 27.8. The molecule has 0 heterocycles. The van der Waals surface area contributed by atoms with E-state index in [2.05, 4.69) is 15.9 Å². The second kappa shape index (κ2) is 5.39. The van der Waals surface area contributed by atoms with Gasteiger partial charge in [-0.25, -0.2) is 8.78 Å². The smallest absolute Gasteiger partial charge is 0.164 e.